The molecule has 0 rings (SSSR count). The van der Waals surface area contributed by atoms with E-state index in [0.29, 0.717) is 17.4 Å². The molecular weight excluding hydrogens is 1000 g/mol. The predicted octanol–water partition coefficient (Wildman–Crippen LogP) is 20.6. The van der Waals surface area contributed by atoms with Crippen LogP contribution >= 0.6 is 7.82 Å². The standard InChI is InChI=1S/C69H126NO8P/c1-6-8-10-12-14-16-18-20-22-24-26-28-30-31-32-33-34-35-36-37-38-39-40-42-44-46-48-50-52-54-56-58-60-62-69(72)78-67(66-77-79(73,74)76-64-63-70(3,4)5)65-75-68(71)61-59-57-55-53-51-49-47-45-43-41-29-27-25-23-21-19-17-15-13-11-9-7-2/h8,10,14,16,20,22,26,28,31-32,34-35,67H,6-7,9,11-13,15,17-19,21,23-25,27,29-30,33,36-66H2,1-5H3/b10-8-,16-14-,22-20-,28-26-,32-31-,35-34-. The zero-order valence-electron chi connectivity index (χ0n) is 52.3. The summed E-state index contributed by atoms with van der Waals surface area (Å²) in [5.41, 5.74) is 0. The SMILES string of the molecule is CC/C=C\C/C=C\C/C=C\C/C=C\C/C=C\C/C=C\CCCCCCCCCCCCCCCCC(=O)OC(COC(=O)CCCCCCCCCCCCCCCCCCCCCCCC)COP(=O)([O-])OCC[N+](C)(C)C. The molecule has 0 amide bonds. The number of hydrogen-bond donors (Lipinski definition) is 0. The highest BCUT2D eigenvalue weighted by Gasteiger charge is 2.22. The van der Waals surface area contributed by atoms with Gasteiger partial charge in [-0.15, -0.1) is 0 Å². The first-order chi connectivity index (χ1) is 38.5. The lowest BCUT2D eigenvalue weighted by Crippen LogP contribution is -2.37. The van der Waals surface area contributed by atoms with Crippen molar-refractivity contribution in [2.45, 2.75) is 309 Å². The summed E-state index contributed by atoms with van der Waals surface area (Å²) in [5, 5.41) is 0. The Morgan fingerprint density at radius 3 is 1.08 bits per heavy atom. The lowest BCUT2D eigenvalue weighted by molar-refractivity contribution is -0.870. The molecule has 0 aromatic heterocycles. The molecule has 0 saturated heterocycles. The summed E-state index contributed by atoms with van der Waals surface area (Å²) in [4.78, 5) is 38.0. The Morgan fingerprint density at radius 2 is 0.722 bits per heavy atom. The van der Waals surface area contributed by atoms with Crippen LogP contribution in [0, 0.1) is 0 Å². The fraction of sp³-hybridized carbons (Fsp3) is 0.797. The van der Waals surface area contributed by atoms with Gasteiger partial charge in [0.2, 0.25) is 0 Å². The Kier molecular flexibility index (Phi) is 58.1. The third-order valence-electron chi connectivity index (χ3n) is 14.5. The number of phosphoric acid groups is 1. The van der Waals surface area contributed by atoms with E-state index in [-0.39, 0.29) is 32.0 Å². The molecule has 0 aliphatic carbocycles. The number of unbranched alkanes of at least 4 members (excludes halogenated alkanes) is 35. The number of quaternary nitrogens is 1. The summed E-state index contributed by atoms with van der Waals surface area (Å²) in [6.45, 7) is 4.17. The van der Waals surface area contributed by atoms with Gasteiger partial charge in [-0.1, -0.05) is 299 Å². The second-order valence-electron chi connectivity index (χ2n) is 23.5. The van der Waals surface area contributed by atoms with Gasteiger partial charge >= 0.3 is 11.9 Å². The average Bonchev–Trinajstić information content (AvgIpc) is 3.41. The van der Waals surface area contributed by atoms with Crippen molar-refractivity contribution in [2.24, 2.45) is 0 Å². The first-order valence-corrected chi connectivity index (χ1v) is 34.6. The minimum atomic E-state index is -4.64. The van der Waals surface area contributed by atoms with Gasteiger partial charge in [-0.25, -0.2) is 0 Å². The highest BCUT2D eigenvalue weighted by atomic mass is 31.2. The van der Waals surface area contributed by atoms with Gasteiger partial charge in [0, 0.05) is 12.8 Å². The summed E-state index contributed by atoms with van der Waals surface area (Å²) in [7, 11) is 1.17. The molecule has 0 aromatic rings. The molecule has 0 N–H and O–H groups in total. The number of likely N-dealkylation sites (N-methyl/N-ethyl adjacent to an activating group) is 1. The lowest BCUT2D eigenvalue weighted by Gasteiger charge is -2.28. The summed E-state index contributed by atoms with van der Waals surface area (Å²) >= 11 is 0. The Balaban J connectivity index is 4.06. The summed E-state index contributed by atoms with van der Waals surface area (Å²) in [6, 6.07) is 0. The maximum absolute atomic E-state index is 12.8. The van der Waals surface area contributed by atoms with Gasteiger partial charge in [0.25, 0.3) is 7.82 Å². The van der Waals surface area contributed by atoms with Crippen molar-refractivity contribution in [2.75, 3.05) is 47.5 Å². The van der Waals surface area contributed by atoms with E-state index in [1.165, 1.54) is 193 Å². The Labute approximate surface area is 489 Å². The molecule has 79 heavy (non-hydrogen) atoms. The van der Waals surface area contributed by atoms with Crippen LogP contribution in [0.15, 0.2) is 72.9 Å². The largest absolute Gasteiger partial charge is 0.756 e. The van der Waals surface area contributed by atoms with E-state index in [1.807, 2.05) is 21.1 Å². The number of carbonyl (C=O) groups excluding carboxylic acids is 2. The molecule has 0 aliphatic rings. The molecule has 0 fully saturated rings. The topological polar surface area (TPSA) is 111 Å². The Hall–Kier alpha value is -2.55. The van der Waals surface area contributed by atoms with Gasteiger partial charge in [0.05, 0.1) is 27.7 Å². The molecule has 0 spiro atoms. The van der Waals surface area contributed by atoms with Crippen LogP contribution in [-0.4, -0.2) is 70.0 Å². The first-order valence-electron chi connectivity index (χ1n) is 33.1. The molecule has 2 unspecified atom stereocenters. The minimum absolute atomic E-state index is 0.0308. The number of nitrogens with zero attached hydrogens (tertiary/aromatic N) is 1. The van der Waals surface area contributed by atoms with Crippen LogP contribution < -0.4 is 4.89 Å². The van der Waals surface area contributed by atoms with Crippen molar-refractivity contribution in [3.63, 3.8) is 0 Å². The van der Waals surface area contributed by atoms with Crippen LogP contribution in [0.4, 0.5) is 0 Å². The molecule has 0 saturated carbocycles. The molecule has 0 heterocycles. The van der Waals surface area contributed by atoms with Gasteiger partial charge in [0.15, 0.2) is 6.10 Å². The zero-order valence-corrected chi connectivity index (χ0v) is 53.2. The molecule has 10 heteroatoms. The fourth-order valence-corrected chi connectivity index (χ4v) is 10.2. The normalized spacial score (nSPS) is 13.6. The monoisotopic (exact) mass is 1130 g/mol. The van der Waals surface area contributed by atoms with E-state index in [0.717, 1.165) is 77.0 Å². The van der Waals surface area contributed by atoms with E-state index in [4.69, 9.17) is 18.5 Å². The molecule has 9 nitrogen and oxygen atoms in total. The third kappa shape index (κ3) is 64.5. The molecule has 460 valence electrons. The lowest BCUT2D eigenvalue weighted by atomic mass is 10.0. The zero-order chi connectivity index (χ0) is 57.7. The van der Waals surface area contributed by atoms with Crippen molar-refractivity contribution in [3.8, 4) is 0 Å². The second-order valence-corrected chi connectivity index (χ2v) is 24.9. The molecule has 0 aromatic carbocycles. The number of allylic oxidation sites excluding steroid dienone is 12. The number of rotatable bonds is 61. The third-order valence-corrected chi connectivity index (χ3v) is 15.5. The van der Waals surface area contributed by atoms with Crippen LogP contribution in [0.2, 0.25) is 0 Å². The van der Waals surface area contributed by atoms with E-state index in [9.17, 15) is 19.0 Å². The number of ether oxygens (including phenoxy) is 2. The number of esters is 2. The quantitative estimate of drug-likeness (QED) is 0.0195. The average molecular weight is 1130 g/mol. The Morgan fingerprint density at radius 1 is 0.405 bits per heavy atom. The van der Waals surface area contributed by atoms with Crippen molar-refractivity contribution >= 4 is 19.8 Å². The van der Waals surface area contributed by atoms with Crippen molar-refractivity contribution < 1.29 is 42.1 Å². The van der Waals surface area contributed by atoms with Gasteiger partial charge in [0.1, 0.15) is 19.8 Å². The van der Waals surface area contributed by atoms with E-state index >= 15 is 0 Å². The Bertz CT molecular complexity index is 1560. The minimum Gasteiger partial charge on any atom is -0.756 e. The summed E-state index contributed by atoms with van der Waals surface area (Å²) in [6.07, 6.45) is 79.7. The van der Waals surface area contributed by atoms with Gasteiger partial charge in [-0.05, 0) is 64.2 Å². The van der Waals surface area contributed by atoms with Crippen molar-refractivity contribution in [3.05, 3.63) is 72.9 Å². The maximum Gasteiger partial charge on any atom is 0.306 e. The summed E-state index contributed by atoms with van der Waals surface area (Å²) < 4.78 is 34.3. The fourth-order valence-electron chi connectivity index (χ4n) is 9.43. The van der Waals surface area contributed by atoms with E-state index < -0.39 is 26.5 Å². The molecule has 0 radical (unpaired) electrons. The molecular formula is C69H126NO8P. The highest BCUT2D eigenvalue weighted by Crippen LogP contribution is 2.38. The second kappa shape index (κ2) is 60.1. The highest BCUT2D eigenvalue weighted by molar-refractivity contribution is 7.45. The van der Waals surface area contributed by atoms with Crippen LogP contribution in [-0.2, 0) is 32.7 Å². The van der Waals surface area contributed by atoms with Crippen molar-refractivity contribution in [1.82, 2.24) is 0 Å². The van der Waals surface area contributed by atoms with E-state index in [1.54, 1.807) is 0 Å². The summed E-state index contributed by atoms with van der Waals surface area (Å²) in [5.74, 6) is -0.821. The van der Waals surface area contributed by atoms with Crippen LogP contribution in [0.5, 0.6) is 0 Å². The van der Waals surface area contributed by atoms with E-state index in [2.05, 4.69) is 86.8 Å². The first kappa shape index (κ1) is 76.5. The number of carbonyl (C=O) groups is 2. The smallest absolute Gasteiger partial charge is 0.306 e. The van der Waals surface area contributed by atoms with Crippen LogP contribution in [0.25, 0.3) is 0 Å². The van der Waals surface area contributed by atoms with Crippen LogP contribution in [0.3, 0.4) is 0 Å². The van der Waals surface area contributed by atoms with Crippen molar-refractivity contribution in [1.29, 1.82) is 0 Å². The predicted molar refractivity (Wildman–Crippen MR) is 337 cm³/mol. The van der Waals surface area contributed by atoms with Gasteiger partial charge in [-0.3, -0.25) is 14.2 Å². The van der Waals surface area contributed by atoms with Gasteiger partial charge < -0.3 is 27.9 Å². The molecule has 0 aliphatic heterocycles. The maximum atomic E-state index is 12.8. The molecule has 2 atom stereocenters. The number of hydrogen-bond acceptors (Lipinski definition) is 8. The molecule has 0 bridgehead atoms. The van der Waals surface area contributed by atoms with Crippen LogP contribution in [0.1, 0.15) is 303 Å². The van der Waals surface area contributed by atoms with Gasteiger partial charge in [-0.2, -0.15) is 0 Å². The number of phosphoric ester groups is 1.